The minimum atomic E-state index is -1.17. The predicted molar refractivity (Wildman–Crippen MR) is 63.2 cm³/mol. The first kappa shape index (κ1) is 12.1. The molecule has 0 saturated heterocycles. The summed E-state index contributed by atoms with van der Waals surface area (Å²) in [5, 5.41) is 18.1. The largest absolute Gasteiger partial charge is 0.549 e. The zero-order valence-electron chi connectivity index (χ0n) is 8.42. The van der Waals surface area contributed by atoms with Crippen molar-refractivity contribution in [3.8, 4) is 11.5 Å². The molecule has 5 nitrogen and oxygen atoms in total. The Labute approximate surface area is 109 Å². The van der Waals surface area contributed by atoms with Gasteiger partial charge in [-0.05, 0) is 28.1 Å². The van der Waals surface area contributed by atoms with E-state index in [1.165, 1.54) is 0 Å². The van der Waals surface area contributed by atoms with Gasteiger partial charge in [0.2, 0.25) is 5.89 Å². The van der Waals surface area contributed by atoms with Gasteiger partial charge in [-0.25, -0.2) is 0 Å². The van der Waals surface area contributed by atoms with E-state index < -0.39 is 5.97 Å². The number of nitrogens with zero attached hydrogens (tertiary/aromatic N) is 2. The molecule has 0 aliphatic heterocycles. The molecular formula is C10H6BrN2O3S-. The maximum atomic E-state index is 10.3. The molecule has 0 unspecified atom stereocenters. The summed E-state index contributed by atoms with van der Waals surface area (Å²) in [6.45, 7) is 0. The third-order valence-electron chi connectivity index (χ3n) is 1.82. The van der Waals surface area contributed by atoms with Crippen molar-refractivity contribution in [2.45, 2.75) is 5.22 Å². The normalized spacial score (nSPS) is 10.4. The fourth-order valence-electron chi connectivity index (χ4n) is 1.13. The molecule has 88 valence electrons. The minimum Gasteiger partial charge on any atom is -0.549 e. The molecular weight excluding hydrogens is 308 g/mol. The van der Waals surface area contributed by atoms with Crippen LogP contribution in [0.3, 0.4) is 0 Å². The summed E-state index contributed by atoms with van der Waals surface area (Å²) in [5.74, 6) is -1.04. The molecule has 0 aliphatic rings. The van der Waals surface area contributed by atoms with Crippen LogP contribution in [0, 0.1) is 0 Å². The number of hydrogen-bond donors (Lipinski definition) is 0. The van der Waals surface area contributed by atoms with Gasteiger partial charge in [0.05, 0.1) is 11.5 Å². The number of benzene rings is 1. The van der Waals surface area contributed by atoms with Crippen molar-refractivity contribution in [2.24, 2.45) is 0 Å². The molecule has 0 spiro atoms. The molecule has 2 rings (SSSR count). The highest BCUT2D eigenvalue weighted by Crippen LogP contribution is 2.28. The van der Waals surface area contributed by atoms with Crippen LogP contribution in [0.1, 0.15) is 0 Å². The van der Waals surface area contributed by atoms with Gasteiger partial charge in [0.1, 0.15) is 0 Å². The third kappa shape index (κ3) is 3.07. The lowest BCUT2D eigenvalue weighted by atomic mass is 10.2. The molecule has 1 aromatic carbocycles. The number of carboxylic acid groups (broad SMARTS) is 1. The van der Waals surface area contributed by atoms with Crippen LogP contribution in [0.2, 0.25) is 0 Å². The van der Waals surface area contributed by atoms with Gasteiger partial charge in [0.15, 0.2) is 0 Å². The highest BCUT2D eigenvalue weighted by Gasteiger charge is 2.11. The van der Waals surface area contributed by atoms with Gasteiger partial charge in [-0.1, -0.05) is 23.9 Å². The second-order valence-electron chi connectivity index (χ2n) is 3.01. The zero-order chi connectivity index (χ0) is 12.3. The average molecular weight is 314 g/mol. The van der Waals surface area contributed by atoms with Crippen molar-refractivity contribution in [1.82, 2.24) is 10.2 Å². The van der Waals surface area contributed by atoms with E-state index in [4.69, 9.17) is 4.42 Å². The Bertz CT molecular complexity index is 544. The number of halogens is 1. The van der Waals surface area contributed by atoms with E-state index in [1.54, 1.807) is 0 Å². The summed E-state index contributed by atoms with van der Waals surface area (Å²) in [6, 6.07) is 7.40. The lowest BCUT2D eigenvalue weighted by Crippen LogP contribution is -2.24. The molecule has 1 aromatic heterocycles. The maximum Gasteiger partial charge on any atom is 0.277 e. The van der Waals surface area contributed by atoms with E-state index in [2.05, 4.69) is 26.1 Å². The Morgan fingerprint density at radius 3 is 2.88 bits per heavy atom. The Kier molecular flexibility index (Phi) is 3.80. The van der Waals surface area contributed by atoms with Gasteiger partial charge in [0.25, 0.3) is 5.22 Å². The number of carbonyl (C=O) groups excluding carboxylic acids is 1. The first-order valence-electron chi connectivity index (χ1n) is 4.58. The van der Waals surface area contributed by atoms with Crippen LogP contribution in [0.4, 0.5) is 0 Å². The highest BCUT2D eigenvalue weighted by molar-refractivity contribution is 9.10. The Morgan fingerprint density at radius 1 is 1.41 bits per heavy atom. The zero-order valence-corrected chi connectivity index (χ0v) is 10.8. The Balaban J connectivity index is 2.18. The first-order valence-corrected chi connectivity index (χ1v) is 6.35. The molecule has 0 N–H and O–H groups in total. The van der Waals surface area contributed by atoms with E-state index in [-0.39, 0.29) is 11.0 Å². The summed E-state index contributed by atoms with van der Waals surface area (Å²) in [7, 11) is 0. The molecule has 0 saturated carbocycles. The number of aliphatic carboxylic acids is 1. The van der Waals surface area contributed by atoms with E-state index in [9.17, 15) is 9.90 Å². The quantitative estimate of drug-likeness (QED) is 0.793. The van der Waals surface area contributed by atoms with Crippen LogP contribution in [-0.4, -0.2) is 21.9 Å². The van der Waals surface area contributed by atoms with Crippen molar-refractivity contribution < 1.29 is 14.3 Å². The van der Waals surface area contributed by atoms with E-state index in [0.29, 0.717) is 5.89 Å². The van der Waals surface area contributed by atoms with Gasteiger partial charge in [0, 0.05) is 10.2 Å². The van der Waals surface area contributed by atoms with Gasteiger partial charge in [-0.2, -0.15) is 0 Å². The van der Waals surface area contributed by atoms with Crippen LogP contribution in [-0.2, 0) is 4.79 Å². The lowest BCUT2D eigenvalue weighted by Gasteiger charge is -1.98. The molecule has 0 fully saturated rings. The molecule has 0 bridgehead atoms. The lowest BCUT2D eigenvalue weighted by molar-refractivity contribution is -0.301. The molecule has 2 aromatic rings. The van der Waals surface area contributed by atoms with E-state index in [1.807, 2.05) is 24.3 Å². The number of carbonyl (C=O) groups is 1. The minimum absolute atomic E-state index is 0.208. The van der Waals surface area contributed by atoms with Gasteiger partial charge < -0.3 is 14.3 Å². The van der Waals surface area contributed by atoms with Crippen molar-refractivity contribution in [3.05, 3.63) is 28.7 Å². The van der Waals surface area contributed by atoms with Crippen LogP contribution < -0.4 is 5.11 Å². The fourth-order valence-corrected chi connectivity index (χ4v) is 2.06. The molecule has 0 aliphatic carbocycles. The Hall–Kier alpha value is -1.34. The summed E-state index contributed by atoms with van der Waals surface area (Å²) in [4.78, 5) is 10.3. The van der Waals surface area contributed by atoms with Crippen LogP contribution in [0.15, 0.2) is 38.4 Å². The second kappa shape index (κ2) is 5.33. The van der Waals surface area contributed by atoms with Crippen LogP contribution in [0.5, 0.6) is 0 Å². The van der Waals surface area contributed by atoms with Crippen molar-refractivity contribution in [2.75, 3.05) is 5.75 Å². The monoisotopic (exact) mass is 313 g/mol. The first-order chi connectivity index (χ1) is 8.16. The Morgan fingerprint density at radius 2 is 2.18 bits per heavy atom. The number of thioether (sulfide) groups is 1. The van der Waals surface area contributed by atoms with Gasteiger partial charge in [-0.3, -0.25) is 0 Å². The standard InChI is InChI=1S/C10H7BrN2O3S/c11-7-4-2-1-3-6(7)9-12-13-10(16-9)17-5-8(14)15/h1-4H,5H2,(H,14,15)/p-1. The highest BCUT2D eigenvalue weighted by atomic mass is 79.9. The number of hydrogen-bond acceptors (Lipinski definition) is 6. The smallest absolute Gasteiger partial charge is 0.277 e. The van der Waals surface area contributed by atoms with Crippen molar-refractivity contribution in [1.29, 1.82) is 0 Å². The molecule has 0 amide bonds. The maximum absolute atomic E-state index is 10.3. The topological polar surface area (TPSA) is 79.0 Å². The number of aromatic nitrogens is 2. The SMILES string of the molecule is O=C([O-])CSc1nnc(-c2ccccc2Br)o1. The molecule has 0 radical (unpaired) electrons. The molecule has 17 heavy (non-hydrogen) atoms. The van der Waals surface area contributed by atoms with Gasteiger partial charge >= 0.3 is 0 Å². The summed E-state index contributed by atoms with van der Waals surface area (Å²) in [6.07, 6.45) is 0. The van der Waals surface area contributed by atoms with Crippen molar-refractivity contribution >= 4 is 33.7 Å². The summed E-state index contributed by atoms with van der Waals surface area (Å²) >= 11 is 4.30. The number of rotatable bonds is 4. The fraction of sp³-hybridized carbons (Fsp3) is 0.100. The summed E-state index contributed by atoms with van der Waals surface area (Å²) < 4.78 is 6.15. The molecule has 1 heterocycles. The van der Waals surface area contributed by atoms with E-state index >= 15 is 0 Å². The number of carboxylic acids is 1. The predicted octanol–water partition coefficient (Wildman–Crippen LogP) is 1.34. The van der Waals surface area contributed by atoms with Crippen molar-refractivity contribution in [3.63, 3.8) is 0 Å². The molecule has 0 atom stereocenters. The molecule has 7 heteroatoms. The van der Waals surface area contributed by atoms with Crippen LogP contribution >= 0.6 is 27.7 Å². The summed E-state index contributed by atoms with van der Waals surface area (Å²) in [5.41, 5.74) is 0.764. The average Bonchev–Trinajstić information content (AvgIpc) is 2.75. The third-order valence-corrected chi connectivity index (χ3v) is 3.31. The van der Waals surface area contributed by atoms with Crippen LogP contribution in [0.25, 0.3) is 11.5 Å². The second-order valence-corrected chi connectivity index (χ2v) is 4.79. The van der Waals surface area contributed by atoms with Gasteiger partial charge in [-0.15, -0.1) is 10.2 Å². The van der Waals surface area contributed by atoms with E-state index in [0.717, 1.165) is 21.8 Å².